The lowest BCUT2D eigenvalue weighted by Gasteiger charge is -2.29. The fourth-order valence-corrected chi connectivity index (χ4v) is 2.19. The lowest BCUT2D eigenvalue weighted by molar-refractivity contribution is 0.570. The quantitative estimate of drug-likeness (QED) is 0.814. The summed E-state index contributed by atoms with van der Waals surface area (Å²) in [5.74, 6) is 0.820. The van der Waals surface area contributed by atoms with Crippen LogP contribution in [0.2, 0.25) is 0 Å². The first-order valence-electron chi connectivity index (χ1n) is 5.72. The molecule has 0 heterocycles. The Hall–Kier alpha value is -1.02. The lowest BCUT2D eigenvalue weighted by atomic mass is 10.1. The van der Waals surface area contributed by atoms with E-state index in [0.29, 0.717) is 6.04 Å². The highest BCUT2D eigenvalue weighted by molar-refractivity contribution is 5.49. The molecule has 1 aliphatic rings. The second kappa shape index (κ2) is 4.23. The average molecular weight is 204 g/mol. The highest BCUT2D eigenvalue weighted by atomic mass is 15.2. The van der Waals surface area contributed by atoms with Gasteiger partial charge in [0.1, 0.15) is 0 Å². The Morgan fingerprint density at radius 2 is 2.20 bits per heavy atom. The topological polar surface area (TPSA) is 29.3 Å². The summed E-state index contributed by atoms with van der Waals surface area (Å²) < 4.78 is 0. The van der Waals surface area contributed by atoms with Gasteiger partial charge >= 0.3 is 0 Å². The molecule has 15 heavy (non-hydrogen) atoms. The van der Waals surface area contributed by atoms with E-state index in [1.165, 1.54) is 24.1 Å². The van der Waals surface area contributed by atoms with Crippen molar-refractivity contribution in [3.05, 3.63) is 29.8 Å². The SMILES string of the molecule is Cc1cccc(N(C)C(CN)C2CC2)c1. The Kier molecular flexibility index (Phi) is 2.96. The van der Waals surface area contributed by atoms with Crippen molar-refractivity contribution in [2.75, 3.05) is 18.5 Å². The van der Waals surface area contributed by atoms with Gasteiger partial charge in [-0.3, -0.25) is 0 Å². The smallest absolute Gasteiger partial charge is 0.0437 e. The van der Waals surface area contributed by atoms with Gasteiger partial charge < -0.3 is 10.6 Å². The van der Waals surface area contributed by atoms with Gasteiger partial charge in [0.25, 0.3) is 0 Å². The van der Waals surface area contributed by atoms with E-state index in [1.807, 2.05) is 0 Å². The molecule has 1 saturated carbocycles. The van der Waals surface area contributed by atoms with Crippen molar-refractivity contribution in [1.82, 2.24) is 0 Å². The summed E-state index contributed by atoms with van der Waals surface area (Å²) in [6, 6.07) is 9.16. The standard InChI is InChI=1S/C13H20N2/c1-10-4-3-5-12(8-10)15(2)13(9-14)11-6-7-11/h3-5,8,11,13H,6-7,9,14H2,1-2H3. The molecule has 0 amide bonds. The number of anilines is 1. The van der Waals surface area contributed by atoms with E-state index in [1.54, 1.807) is 0 Å². The summed E-state index contributed by atoms with van der Waals surface area (Å²) in [5, 5.41) is 0. The third kappa shape index (κ3) is 2.32. The van der Waals surface area contributed by atoms with Gasteiger partial charge in [0.15, 0.2) is 0 Å². The number of nitrogens with zero attached hydrogens (tertiary/aromatic N) is 1. The molecule has 0 spiro atoms. The number of hydrogen-bond acceptors (Lipinski definition) is 2. The largest absolute Gasteiger partial charge is 0.370 e. The Balaban J connectivity index is 2.14. The van der Waals surface area contributed by atoms with Crippen molar-refractivity contribution >= 4 is 5.69 Å². The summed E-state index contributed by atoms with van der Waals surface area (Å²) in [7, 11) is 2.16. The predicted molar refractivity (Wildman–Crippen MR) is 65.1 cm³/mol. The Labute approximate surface area is 92.1 Å². The van der Waals surface area contributed by atoms with E-state index in [-0.39, 0.29) is 0 Å². The van der Waals surface area contributed by atoms with Crippen molar-refractivity contribution in [2.24, 2.45) is 11.7 Å². The zero-order chi connectivity index (χ0) is 10.8. The number of aryl methyl sites for hydroxylation is 1. The van der Waals surface area contributed by atoms with Crippen molar-refractivity contribution in [2.45, 2.75) is 25.8 Å². The van der Waals surface area contributed by atoms with E-state index < -0.39 is 0 Å². The van der Waals surface area contributed by atoms with Crippen molar-refractivity contribution in [3.63, 3.8) is 0 Å². The van der Waals surface area contributed by atoms with E-state index in [9.17, 15) is 0 Å². The molecule has 0 aliphatic heterocycles. The number of benzene rings is 1. The van der Waals surface area contributed by atoms with Gasteiger partial charge in [0.2, 0.25) is 0 Å². The molecule has 1 fully saturated rings. The van der Waals surface area contributed by atoms with Crippen molar-refractivity contribution < 1.29 is 0 Å². The molecule has 0 aromatic heterocycles. The molecular weight excluding hydrogens is 184 g/mol. The summed E-state index contributed by atoms with van der Waals surface area (Å²) in [4.78, 5) is 2.34. The fourth-order valence-electron chi connectivity index (χ4n) is 2.19. The zero-order valence-electron chi connectivity index (χ0n) is 9.61. The number of rotatable bonds is 4. The van der Waals surface area contributed by atoms with Crippen LogP contribution in [0.15, 0.2) is 24.3 Å². The van der Waals surface area contributed by atoms with Crippen molar-refractivity contribution in [3.8, 4) is 0 Å². The minimum Gasteiger partial charge on any atom is -0.370 e. The molecule has 82 valence electrons. The molecule has 1 aromatic carbocycles. The summed E-state index contributed by atoms with van der Waals surface area (Å²) in [6.45, 7) is 2.89. The van der Waals surface area contributed by atoms with E-state index in [0.717, 1.165) is 12.5 Å². The summed E-state index contributed by atoms with van der Waals surface area (Å²) in [6.07, 6.45) is 2.69. The normalized spacial score (nSPS) is 17.5. The maximum atomic E-state index is 5.85. The molecule has 0 bridgehead atoms. The van der Waals surface area contributed by atoms with Crippen LogP contribution in [-0.4, -0.2) is 19.6 Å². The fraction of sp³-hybridized carbons (Fsp3) is 0.538. The average Bonchev–Trinajstić information content (AvgIpc) is 3.03. The molecule has 1 aliphatic carbocycles. The predicted octanol–water partition coefficient (Wildman–Crippen LogP) is 2.17. The molecule has 1 atom stereocenters. The van der Waals surface area contributed by atoms with E-state index >= 15 is 0 Å². The number of likely N-dealkylation sites (N-methyl/N-ethyl adjacent to an activating group) is 1. The molecule has 1 unspecified atom stereocenters. The minimum atomic E-state index is 0.520. The summed E-state index contributed by atoms with van der Waals surface area (Å²) in [5.41, 5.74) is 8.45. The van der Waals surface area contributed by atoms with Crippen LogP contribution in [0.3, 0.4) is 0 Å². The van der Waals surface area contributed by atoms with Crippen LogP contribution in [0.4, 0.5) is 5.69 Å². The van der Waals surface area contributed by atoms with Crippen LogP contribution < -0.4 is 10.6 Å². The van der Waals surface area contributed by atoms with Crippen molar-refractivity contribution in [1.29, 1.82) is 0 Å². The highest BCUT2D eigenvalue weighted by Crippen LogP contribution is 2.36. The van der Waals surface area contributed by atoms with Gasteiger partial charge in [0, 0.05) is 25.3 Å². The van der Waals surface area contributed by atoms with Gasteiger partial charge in [-0.05, 0) is 43.4 Å². The Bertz CT molecular complexity index is 331. The van der Waals surface area contributed by atoms with Crippen LogP contribution in [0.5, 0.6) is 0 Å². The van der Waals surface area contributed by atoms with Crippen LogP contribution in [-0.2, 0) is 0 Å². The number of hydrogen-bond donors (Lipinski definition) is 1. The molecule has 2 heteroatoms. The Morgan fingerprint density at radius 3 is 2.73 bits per heavy atom. The van der Waals surface area contributed by atoms with Crippen LogP contribution in [0.1, 0.15) is 18.4 Å². The monoisotopic (exact) mass is 204 g/mol. The number of nitrogens with two attached hydrogens (primary N) is 1. The second-order valence-corrected chi connectivity index (χ2v) is 4.59. The highest BCUT2D eigenvalue weighted by Gasteiger charge is 2.32. The van der Waals surface area contributed by atoms with E-state index in [4.69, 9.17) is 5.73 Å². The van der Waals surface area contributed by atoms with E-state index in [2.05, 4.69) is 43.1 Å². The van der Waals surface area contributed by atoms with Gasteiger partial charge in [-0.2, -0.15) is 0 Å². The molecule has 1 aromatic rings. The third-order valence-corrected chi connectivity index (χ3v) is 3.31. The maximum absolute atomic E-state index is 5.85. The van der Waals surface area contributed by atoms with Gasteiger partial charge in [-0.1, -0.05) is 12.1 Å². The lowest BCUT2D eigenvalue weighted by Crippen LogP contribution is -2.39. The van der Waals surface area contributed by atoms with Crippen LogP contribution in [0.25, 0.3) is 0 Å². The molecule has 2 rings (SSSR count). The summed E-state index contributed by atoms with van der Waals surface area (Å²) >= 11 is 0. The third-order valence-electron chi connectivity index (χ3n) is 3.31. The van der Waals surface area contributed by atoms with Gasteiger partial charge in [0.05, 0.1) is 0 Å². The molecule has 2 nitrogen and oxygen atoms in total. The molecule has 0 saturated heterocycles. The Morgan fingerprint density at radius 1 is 1.47 bits per heavy atom. The van der Waals surface area contributed by atoms with Gasteiger partial charge in [-0.15, -0.1) is 0 Å². The minimum absolute atomic E-state index is 0.520. The first-order chi connectivity index (χ1) is 7.22. The molecule has 0 radical (unpaired) electrons. The zero-order valence-corrected chi connectivity index (χ0v) is 9.61. The molecule has 2 N–H and O–H groups in total. The maximum Gasteiger partial charge on any atom is 0.0437 e. The van der Waals surface area contributed by atoms with Crippen LogP contribution >= 0.6 is 0 Å². The first-order valence-corrected chi connectivity index (χ1v) is 5.72. The van der Waals surface area contributed by atoms with Crippen LogP contribution in [0, 0.1) is 12.8 Å². The first kappa shape index (κ1) is 10.5. The second-order valence-electron chi connectivity index (χ2n) is 4.59. The van der Waals surface area contributed by atoms with Gasteiger partial charge in [-0.25, -0.2) is 0 Å². The molecular formula is C13H20N2.